The van der Waals surface area contributed by atoms with Crippen LogP contribution >= 0.6 is 0 Å². The van der Waals surface area contributed by atoms with E-state index in [2.05, 4.69) is 13.5 Å². The van der Waals surface area contributed by atoms with Crippen LogP contribution in [0.2, 0.25) is 0 Å². The average Bonchev–Trinajstić information content (AvgIpc) is 2.98. The summed E-state index contributed by atoms with van der Waals surface area (Å²) >= 11 is 0. The zero-order valence-corrected chi connectivity index (χ0v) is 27.8. The first kappa shape index (κ1) is 40.0. The van der Waals surface area contributed by atoms with E-state index in [0.29, 0.717) is 19.3 Å². The molecular weight excluding hydrogens is 576 g/mol. The Bertz CT molecular complexity index is 1050. The Morgan fingerprint density at radius 1 is 0.978 bits per heavy atom. The lowest BCUT2D eigenvalue weighted by atomic mass is 9.82. The highest BCUT2D eigenvalue weighted by molar-refractivity contribution is 5.82. The summed E-state index contributed by atoms with van der Waals surface area (Å²) in [5.41, 5.74) is 0. The molecule has 9 heteroatoms. The van der Waals surface area contributed by atoms with Crippen molar-refractivity contribution in [3.63, 3.8) is 0 Å². The number of carbonyl (C=O) groups is 3. The molecule has 0 aromatic carbocycles. The van der Waals surface area contributed by atoms with E-state index in [1.165, 1.54) is 6.08 Å². The van der Waals surface area contributed by atoms with Gasteiger partial charge in [0.05, 0.1) is 31.2 Å². The number of carboxylic acids is 1. The van der Waals surface area contributed by atoms with Crippen LogP contribution in [0.1, 0.15) is 80.1 Å². The Hall–Kier alpha value is -3.01. The molecule has 254 valence electrons. The van der Waals surface area contributed by atoms with E-state index in [9.17, 15) is 29.7 Å². The van der Waals surface area contributed by atoms with Crippen LogP contribution in [0.5, 0.6) is 0 Å². The number of aliphatic hydroxyl groups is 3. The highest BCUT2D eigenvalue weighted by Crippen LogP contribution is 2.30. The van der Waals surface area contributed by atoms with Gasteiger partial charge < -0.3 is 29.9 Å². The molecular formula is C36H56O9. The predicted molar refractivity (Wildman–Crippen MR) is 175 cm³/mol. The van der Waals surface area contributed by atoms with Gasteiger partial charge in [0.1, 0.15) is 12.2 Å². The van der Waals surface area contributed by atoms with Gasteiger partial charge in [-0.15, -0.1) is 0 Å². The van der Waals surface area contributed by atoms with Gasteiger partial charge in [-0.1, -0.05) is 96.7 Å². The van der Waals surface area contributed by atoms with Crippen molar-refractivity contribution in [2.75, 3.05) is 0 Å². The molecule has 4 N–H and O–H groups in total. The first-order valence-corrected chi connectivity index (χ1v) is 16.1. The molecule has 0 aromatic heterocycles. The zero-order valence-electron chi connectivity index (χ0n) is 27.8. The smallest absolute Gasteiger partial charge is 0.331 e. The number of hydrogen-bond acceptors (Lipinski definition) is 8. The van der Waals surface area contributed by atoms with Crippen LogP contribution in [0.15, 0.2) is 61.3 Å². The summed E-state index contributed by atoms with van der Waals surface area (Å²) in [5, 5.41) is 41.4. The van der Waals surface area contributed by atoms with Crippen molar-refractivity contribution in [3.8, 4) is 0 Å². The van der Waals surface area contributed by atoms with E-state index in [-0.39, 0.29) is 54.8 Å². The molecule has 9 nitrogen and oxygen atoms in total. The molecule has 11 atom stereocenters. The maximum atomic E-state index is 12.7. The summed E-state index contributed by atoms with van der Waals surface area (Å²) in [5.74, 6) is -3.35. The van der Waals surface area contributed by atoms with E-state index in [4.69, 9.17) is 14.6 Å². The first-order chi connectivity index (χ1) is 21.2. The van der Waals surface area contributed by atoms with Crippen molar-refractivity contribution in [1.29, 1.82) is 0 Å². The van der Waals surface area contributed by atoms with E-state index in [1.807, 2.05) is 33.8 Å². The zero-order chi connectivity index (χ0) is 34.1. The summed E-state index contributed by atoms with van der Waals surface area (Å²) in [7, 11) is 0. The number of hydrogen-bond donors (Lipinski definition) is 4. The SMILES string of the molecule is C=C/C=C\[C@H](C)[C@@H]1OC(=O)/C=C\C=C\[C@@H](C)[C@@H](O)C[C@H](O)/C=C\[C@H](C)[C@H](OC(=O)CCC(=O)O)[C@@H](C)C[C@@H](C)CC[C@@H](O)[C@@H]1C. The van der Waals surface area contributed by atoms with Gasteiger partial charge in [-0.2, -0.15) is 0 Å². The summed E-state index contributed by atoms with van der Waals surface area (Å²) in [4.78, 5) is 36.3. The molecule has 0 aromatic rings. The molecule has 0 saturated heterocycles. The Balaban J connectivity index is 3.32. The largest absolute Gasteiger partial charge is 0.481 e. The third-order valence-corrected chi connectivity index (χ3v) is 8.55. The van der Waals surface area contributed by atoms with Gasteiger partial charge >= 0.3 is 17.9 Å². The molecule has 0 amide bonds. The van der Waals surface area contributed by atoms with Gasteiger partial charge in [0, 0.05) is 36.2 Å². The molecule has 1 rings (SSSR count). The average molecular weight is 633 g/mol. The fraction of sp³-hybridized carbons (Fsp3) is 0.639. The van der Waals surface area contributed by atoms with Crippen LogP contribution in [0.4, 0.5) is 0 Å². The number of aliphatic hydroxyl groups excluding tert-OH is 3. The minimum Gasteiger partial charge on any atom is -0.481 e. The van der Waals surface area contributed by atoms with Crippen molar-refractivity contribution in [2.24, 2.45) is 35.5 Å². The predicted octanol–water partition coefficient (Wildman–Crippen LogP) is 5.56. The number of cyclic esters (lactones) is 1. The molecule has 0 saturated carbocycles. The van der Waals surface area contributed by atoms with Gasteiger partial charge in [0.25, 0.3) is 0 Å². The summed E-state index contributed by atoms with van der Waals surface area (Å²) in [6.07, 6.45) is 12.5. The van der Waals surface area contributed by atoms with Crippen molar-refractivity contribution < 1.29 is 44.3 Å². The standard InChI is InChI=1S/C36H56O9/c1-8-9-12-25(4)36-28(7)30(38)18-15-23(2)21-27(6)35(44-34(43)20-19-32(40)41)26(5)16-17-29(37)22-31(39)24(3)13-10-11-14-33(42)45-36/h8-14,16-17,23-31,35-39H,1,15,18-22H2,2-7H3,(H,40,41)/b12-9-,13-10+,14-11-,17-16-/t23-,24+,25-,26-,27-,28-,29+,30+,31-,35-,36-/m0/s1. The fourth-order valence-electron chi connectivity index (χ4n) is 5.67. The fourth-order valence-corrected chi connectivity index (χ4v) is 5.67. The van der Waals surface area contributed by atoms with Crippen LogP contribution in [0.3, 0.4) is 0 Å². The van der Waals surface area contributed by atoms with Gasteiger partial charge in [0.2, 0.25) is 0 Å². The van der Waals surface area contributed by atoms with Crippen LogP contribution in [0, 0.1) is 35.5 Å². The summed E-state index contributed by atoms with van der Waals surface area (Å²) in [6.45, 7) is 15.2. The monoisotopic (exact) mass is 632 g/mol. The Morgan fingerprint density at radius 3 is 2.31 bits per heavy atom. The highest BCUT2D eigenvalue weighted by Gasteiger charge is 2.32. The molecule has 0 unspecified atom stereocenters. The number of rotatable bonds is 7. The molecule has 0 fully saturated rings. The van der Waals surface area contributed by atoms with Gasteiger partial charge in [-0.25, -0.2) is 4.79 Å². The lowest BCUT2D eigenvalue weighted by Crippen LogP contribution is -2.37. The second-order valence-corrected chi connectivity index (χ2v) is 12.8. The first-order valence-electron chi connectivity index (χ1n) is 16.1. The van der Waals surface area contributed by atoms with Crippen LogP contribution in [0.25, 0.3) is 0 Å². The van der Waals surface area contributed by atoms with Crippen molar-refractivity contribution in [2.45, 2.75) is 111 Å². The van der Waals surface area contributed by atoms with E-state index >= 15 is 0 Å². The van der Waals surface area contributed by atoms with Crippen LogP contribution in [-0.4, -0.2) is 68.9 Å². The maximum Gasteiger partial charge on any atom is 0.331 e. The number of allylic oxidation sites excluding steroid dienone is 4. The summed E-state index contributed by atoms with van der Waals surface area (Å²) in [6, 6.07) is 0. The van der Waals surface area contributed by atoms with Crippen LogP contribution in [-0.2, 0) is 23.9 Å². The van der Waals surface area contributed by atoms with Crippen molar-refractivity contribution in [1.82, 2.24) is 0 Å². The van der Waals surface area contributed by atoms with Crippen molar-refractivity contribution in [3.05, 3.63) is 61.3 Å². The highest BCUT2D eigenvalue weighted by atomic mass is 16.5. The van der Waals surface area contributed by atoms with E-state index in [1.54, 1.807) is 49.5 Å². The normalized spacial score (nSPS) is 36.0. The third-order valence-electron chi connectivity index (χ3n) is 8.55. The number of carbonyl (C=O) groups excluding carboxylic acids is 2. The quantitative estimate of drug-likeness (QED) is 0.161. The number of aliphatic carboxylic acids is 1. The lowest BCUT2D eigenvalue weighted by molar-refractivity contribution is -0.156. The number of ether oxygens (including phenoxy) is 2. The Labute approximate surface area is 269 Å². The molecule has 0 bridgehead atoms. The minimum absolute atomic E-state index is 0.0775. The van der Waals surface area contributed by atoms with Gasteiger partial charge in [-0.3, -0.25) is 9.59 Å². The number of carboxylic acid groups (broad SMARTS) is 1. The second kappa shape index (κ2) is 20.9. The molecule has 1 aliphatic heterocycles. The third kappa shape index (κ3) is 15.7. The molecule has 0 radical (unpaired) electrons. The number of esters is 2. The summed E-state index contributed by atoms with van der Waals surface area (Å²) < 4.78 is 11.6. The minimum atomic E-state index is -1.08. The Morgan fingerprint density at radius 2 is 1.67 bits per heavy atom. The molecule has 1 aliphatic rings. The second-order valence-electron chi connectivity index (χ2n) is 12.8. The van der Waals surface area contributed by atoms with Gasteiger partial charge in [-0.05, 0) is 31.1 Å². The maximum absolute atomic E-state index is 12.7. The molecule has 0 spiro atoms. The Kier molecular flexibility index (Phi) is 18.6. The van der Waals surface area contributed by atoms with E-state index in [0.717, 1.165) is 0 Å². The van der Waals surface area contributed by atoms with Crippen molar-refractivity contribution >= 4 is 17.9 Å². The van der Waals surface area contributed by atoms with E-state index < -0.39 is 48.4 Å². The van der Waals surface area contributed by atoms with Gasteiger partial charge in [0.15, 0.2) is 0 Å². The topological polar surface area (TPSA) is 151 Å². The van der Waals surface area contributed by atoms with Crippen LogP contribution < -0.4 is 0 Å². The molecule has 45 heavy (non-hydrogen) atoms. The molecule has 0 aliphatic carbocycles. The molecule has 1 heterocycles. The lowest BCUT2D eigenvalue weighted by Gasteiger charge is -2.32.